The van der Waals surface area contributed by atoms with Crippen molar-refractivity contribution in [3.05, 3.63) is 92.6 Å². The maximum Gasteiger partial charge on any atom is 0.337 e. The summed E-state index contributed by atoms with van der Waals surface area (Å²) >= 11 is 7.82. The third-order valence-corrected chi connectivity index (χ3v) is 7.98. The molecule has 0 saturated heterocycles. The predicted octanol–water partition coefficient (Wildman–Crippen LogP) is 5.96. The summed E-state index contributed by atoms with van der Waals surface area (Å²) in [6.45, 7) is 1.89. The molecule has 2 aliphatic rings. The van der Waals surface area contributed by atoms with Crippen LogP contribution >= 0.6 is 23.4 Å². The van der Waals surface area contributed by atoms with Gasteiger partial charge in [-0.15, -0.1) is 0 Å². The second-order valence-corrected chi connectivity index (χ2v) is 10.6. The number of halogens is 1. The molecule has 1 amide bonds. The molecule has 4 rings (SSSR count). The second-order valence-electron chi connectivity index (χ2n) is 9.23. The fourth-order valence-corrected chi connectivity index (χ4v) is 5.92. The monoisotopic (exact) mass is 535 g/mol. The summed E-state index contributed by atoms with van der Waals surface area (Å²) in [5.41, 5.74) is 2.73. The molecule has 1 atom stereocenters. The Hall–Kier alpha value is -3.21. The minimum absolute atomic E-state index is 0.0625. The number of carbonyl (C=O) groups is 2. The molecule has 1 fully saturated rings. The summed E-state index contributed by atoms with van der Waals surface area (Å²) in [6.07, 6.45) is 5.50. The van der Waals surface area contributed by atoms with Gasteiger partial charge < -0.3 is 15.4 Å². The van der Waals surface area contributed by atoms with Crippen molar-refractivity contribution in [1.29, 1.82) is 5.26 Å². The fourth-order valence-electron chi connectivity index (χ4n) is 4.77. The summed E-state index contributed by atoms with van der Waals surface area (Å²) in [5.74, 6) is -1.13. The van der Waals surface area contributed by atoms with E-state index in [2.05, 4.69) is 16.7 Å². The van der Waals surface area contributed by atoms with Crippen molar-refractivity contribution < 1.29 is 14.3 Å². The van der Waals surface area contributed by atoms with Crippen LogP contribution in [0.15, 0.2) is 76.5 Å². The number of carbonyl (C=O) groups excluding carboxylic acids is 2. The SMILES string of the molecule is CC1=C(C(=O)OCc2ccccc2)[C@@H](c2ccccc2Cl)C(C#N)=C(SCC(=O)NC2CCCCC2)N1. The van der Waals surface area contributed by atoms with E-state index in [0.29, 0.717) is 32.5 Å². The van der Waals surface area contributed by atoms with Crippen molar-refractivity contribution in [1.82, 2.24) is 10.6 Å². The number of rotatable bonds is 8. The first-order valence-electron chi connectivity index (χ1n) is 12.5. The molecular weight excluding hydrogens is 506 g/mol. The van der Waals surface area contributed by atoms with E-state index in [1.165, 1.54) is 18.2 Å². The van der Waals surface area contributed by atoms with Gasteiger partial charge in [0.2, 0.25) is 5.91 Å². The summed E-state index contributed by atoms with van der Waals surface area (Å²) in [7, 11) is 0. The van der Waals surface area contributed by atoms with E-state index in [-0.39, 0.29) is 24.3 Å². The molecule has 2 aromatic rings. The van der Waals surface area contributed by atoms with E-state index in [0.717, 1.165) is 31.2 Å². The third kappa shape index (κ3) is 6.76. The number of allylic oxidation sites excluding steroid dienone is 2. The van der Waals surface area contributed by atoms with Gasteiger partial charge in [-0.05, 0) is 37.0 Å². The highest BCUT2D eigenvalue weighted by Gasteiger charge is 2.36. The van der Waals surface area contributed by atoms with Crippen molar-refractivity contribution in [3.8, 4) is 6.07 Å². The predicted molar refractivity (Wildman–Crippen MR) is 146 cm³/mol. The molecule has 1 aliphatic carbocycles. The first kappa shape index (κ1) is 26.8. The van der Waals surface area contributed by atoms with Crippen LogP contribution in [0, 0.1) is 11.3 Å². The number of ether oxygens (including phenoxy) is 1. The molecule has 8 heteroatoms. The molecule has 0 radical (unpaired) electrons. The minimum atomic E-state index is -0.716. The van der Waals surface area contributed by atoms with Gasteiger partial charge in [0.25, 0.3) is 0 Å². The number of esters is 1. The molecule has 1 saturated carbocycles. The van der Waals surface area contributed by atoms with Crippen molar-refractivity contribution in [3.63, 3.8) is 0 Å². The highest BCUT2D eigenvalue weighted by Crippen LogP contribution is 2.43. The maximum atomic E-state index is 13.4. The van der Waals surface area contributed by atoms with E-state index in [9.17, 15) is 14.9 Å². The van der Waals surface area contributed by atoms with Crippen molar-refractivity contribution >= 4 is 35.2 Å². The fraction of sp³-hybridized carbons (Fsp3) is 0.345. The van der Waals surface area contributed by atoms with E-state index >= 15 is 0 Å². The molecule has 0 aromatic heterocycles. The number of nitrogens with zero attached hydrogens (tertiary/aromatic N) is 1. The quantitative estimate of drug-likeness (QED) is 0.405. The average molecular weight is 536 g/mol. The molecule has 6 nitrogen and oxygen atoms in total. The number of dihydropyridines is 1. The van der Waals surface area contributed by atoms with Crippen LogP contribution in [0.1, 0.15) is 56.1 Å². The molecule has 2 N–H and O–H groups in total. The highest BCUT2D eigenvalue weighted by atomic mass is 35.5. The lowest BCUT2D eigenvalue weighted by atomic mass is 9.82. The van der Waals surface area contributed by atoms with Gasteiger partial charge in [-0.1, -0.05) is 91.2 Å². The zero-order valence-electron chi connectivity index (χ0n) is 20.8. The van der Waals surface area contributed by atoms with E-state index in [4.69, 9.17) is 16.3 Å². The van der Waals surface area contributed by atoms with Crippen LogP contribution in [0.25, 0.3) is 0 Å². The Balaban J connectivity index is 1.58. The summed E-state index contributed by atoms with van der Waals surface area (Å²) in [6, 6.07) is 19.1. The Morgan fingerprint density at radius 1 is 1.11 bits per heavy atom. The highest BCUT2D eigenvalue weighted by molar-refractivity contribution is 8.03. The Kier molecular flexibility index (Phi) is 9.32. The Labute approximate surface area is 227 Å². The van der Waals surface area contributed by atoms with Crippen molar-refractivity contribution in [2.45, 2.75) is 57.6 Å². The molecule has 2 aromatic carbocycles. The number of nitrogens with one attached hydrogen (secondary N) is 2. The number of thioether (sulfide) groups is 1. The first-order chi connectivity index (χ1) is 18.0. The van der Waals surface area contributed by atoms with Gasteiger partial charge in [-0.2, -0.15) is 5.26 Å². The van der Waals surface area contributed by atoms with Crippen LogP contribution in [-0.2, 0) is 20.9 Å². The van der Waals surface area contributed by atoms with Crippen LogP contribution < -0.4 is 10.6 Å². The number of amides is 1. The molecule has 0 spiro atoms. The Bertz CT molecular complexity index is 1250. The topological polar surface area (TPSA) is 91.2 Å². The summed E-state index contributed by atoms with van der Waals surface area (Å²) in [4.78, 5) is 26.0. The van der Waals surface area contributed by atoms with Crippen molar-refractivity contribution in [2.75, 3.05) is 5.75 Å². The van der Waals surface area contributed by atoms with Gasteiger partial charge in [0.15, 0.2) is 0 Å². The second kappa shape index (κ2) is 12.8. The smallest absolute Gasteiger partial charge is 0.337 e. The number of benzene rings is 2. The van der Waals surface area contributed by atoms with Gasteiger partial charge in [-0.25, -0.2) is 4.79 Å². The lowest BCUT2D eigenvalue weighted by Gasteiger charge is -2.30. The molecule has 1 aliphatic heterocycles. The zero-order chi connectivity index (χ0) is 26.2. The molecule has 0 bridgehead atoms. The first-order valence-corrected chi connectivity index (χ1v) is 13.8. The van der Waals surface area contributed by atoms with Crippen LogP contribution in [0.2, 0.25) is 5.02 Å². The Morgan fingerprint density at radius 3 is 2.51 bits per heavy atom. The molecule has 1 heterocycles. The van der Waals surface area contributed by atoms with Crippen LogP contribution in [0.5, 0.6) is 0 Å². The largest absolute Gasteiger partial charge is 0.457 e. The summed E-state index contributed by atoms with van der Waals surface area (Å²) in [5, 5.41) is 17.5. The maximum absolute atomic E-state index is 13.4. The zero-order valence-corrected chi connectivity index (χ0v) is 22.3. The van der Waals surface area contributed by atoms with Gasteiger partial charge in [0.1, 0.15) is 6.61 Å². The van der Waals surface area contributed by atoms with Gasteiger partial charge in [-0.3, -0.25) is 4.79 Å². The standard InChI is InChI=1S/C29H30ClN3O3S/c1-19-26(29(35)36-17-20-10-4-2-5-11-20)27(22-14-8-9-15-24(22)30)23(16-31)28(32-19)37-18-25(34)33-21-12-6-3-7-13-21/h2,4-5,8-11,14-15,21,27,32H,3,6-7,12-13,17-18H2,1H3,(H,33,34)/t27-/m0/s1. The molecule has 0 unspecified atom stereocenters. The average Bonchev–Trinajstić information content (AvgIpc) is 2.91. The summed E-state index contributed by atoms with van der Waals surface area (Å²) < 4.78 is 5.66. The number of hydrogen-bond acceptors (Lipinski definition) is 6. The normalized spacial score (nSPS) is 18.1. The lowest BCUT2D eigenvalue weighted by Crippen LogP contribution is -2.37. The molecular formula is C29H30ClN3O3S. The Morgan fingerprint density at radius 2 is 1.81 bits per heavy atom. The third-order valence-electron chi connectivity index (χ3n) is 6.61. The lowest BCUT2D eigenvalue weighted by molar-refractivity contribution is -0.140. The number of hydrogen-bond donors (Lipinski definition) is 2. The molecule has 192 valence electrons. The molecule has 37 heavy (non-hydrogen) atoms. The van der Waals surface area contributed by atoms with Crippen LogP contribution in [0.3, 0.4) is 0 Å². The van der Waals surface area contributed by atoms with Crippen LogP contribution in [0.4, 0.5) is 0 Å². The van der Waals surface area contributed by atoms with E-state index in [1.54, 1.807) is 19.1 Å². The minimum Gasteiger partial charge on any atom is -0.457 e. The number of nitriles is 1. The van der Waals surface area contributed by atoms with E-state index < -0.39 is 11.9 Å². The van der Waals surface area contributed by atoms with E-state index in [1.807, 2.05) is 42.5 Å². The van der Waals surface area contributed by atoms with Gasteiger partial charge in [0.05, 0.1) is 33.9 Å². The van der Waals surface area contributed by atoms with Crippen LogP contribution in [-0.4, -0.2) is 23.7 Å². The van der Waals surface area contributed by atoms with Crippen molar-refractivity contribution in [2.24, 2.45) is 0 Å². The van der Waals surface area contributed by atoms with Gasteiger partial charge in [0, 0.05) is 16.8 Å². The van der Waals surface area contributed by atoms with Gasteiger partial charge >= 0.3 is 5.97 Å².